The topological polar surface area (TPSA) is 83.8 Å². The highest BCUT2D eigenvalue weighted by atomic mass is 19.1. The van der Waals surface area contributed by atoms with Gasteiger partial charge in [-0.2, -0.15) is 9.61 Å². The lowest BCUT2D eigenvalue weighted by atomic mass is 10.0. The molecule has 0 bridgehead atoms. The summed E-state index contributed by atoms with van der Waals surface area (Å²) in [4.78, 5) is 18.9. The van der Waals surface area contributed by atoms with Gasteiger partial charge >= 0.3 is 6.09 Å². The van der Waals surface area contributed by atoms with Gasteiger partial charge in [0.1, 0.15) is 12.4 Å². The summed E-state index contributed by atoms with van der Waals surface area (Å²) in [6.45, 7) is 5.84. The molecule has 1 aliphatic carbocycles. The molecular weight excluding hydrogens is 399 g/mol. The molecule has 4 heterocycles. The molecule has 2 saturated heterocycles. The first-order valence-electron chi connectivity index (χ1n) is 11.4. The van der Waals surface area contributed by atoms with E-state index < -0.39 is 11.8 Å². The molecule has 1 amide bonds. The summed E-state index contributed by atoms with van der Waals surface area (Å²) in [5, 5.41) is 11.1. The van der Waals surface area contributed by atoms with E-state index in [9.17, 15) is 9.18 Å². The molecule has 0 unspecified atom stereocenters. The van der Waals surface area contributed by atoms with E-state index in [1.165, 1.54) is 12.8 Å². The Morgan fingerprint density at radius 2 is 2.06 bits per heavy atom. The van der Waals surface area contributed by atoms with Gasteiger partial charge in [-0.1, -0.05) is 13.8 Å². The van der Waals surface area contributed by atoms with Gasteiger partial charge in [0.2, 0.25) is 0 Å². The number of carbonyl (C=O) groups excluding carboxylic acids is 1. The van der Waals surface area contributed by atoms with E-state index in [4.69, 9.17) is 9.72 Å². The number of piperidine rings is 1. The van der Waals surface area contributed by atoms with Gasteiger partial charge in [0.15, 0.2) is 11.3 Å². The summed E-state index contributed by atoms with van der Waals surface area (Å²) < 4.78 is 21.1. The van der Waals surface area contributed by atoms with Crippen LogP contribution in [0.25, 0.3) is 5.65 Å². The zero-order valence-electron chi connectivity index (χ0n) is 18.2. The molecule has 0 aromatic carbocycles. The fourth-order valence-corrected chi connectivity index (χ4v) is 4.29. The lowest BCUT2D eigenvalue weighted by Crippen LogP contribution is -2.59. The van der Waals surface area contributed by atoms with Crippen molar-refractivity contribution in [2.45, 2.75) is 63.1 Å². The molecular formula is C22H31FN6O2. The number of hydrogen-bond acceptors (Lipinski definition) is 6. The van der Waals surface area contributed by atoms with Gasteiger partial charge < -0.3 is 20.3 Å². The fourth-order valence-electron chi connectivity index (χ4n) is 4.29. The smallest absolute Gasteiger partial charge is 0.409 e. The number of carbonyl (C=O) groups is 1. The molecule has 0 spiro atoms. The minimum atomic E-state index is -1.40. The molecule has 168 valence electrons. The van der Waals surface area contributed by atoms with Gasteiger partial charge in [-0.05, 0) is 31.6 Å². The number of anilines is 1. The molecule has 0 atom stereocenters. The summed E-state index contributed by atoms with van der Waals surface area (Å²) in [6.07, 6.45) is 5.51. The predicted octanol–water partition coefficient (Wildman–Crippen LogP) is 3.05. The van der Waals surface area contributed by atoms with Crippen molar-refractivity contribution in [1.82, 2.24) is 24.8 Å². The molecule has 1 saturated carbocycles. The van der Waals surface area contributed by atoms with Crippen molar-refractivity contribution in [3.05, 3.63) is 23.5 Å². The quantitative estimate of drug-likeness (QED) is 0.733. The van der Waals surface area contributed by atoms with Crippen molar-refractivity contribution >= 4 is 17.6 Å². The minimum absolute atomic E-state index is 0.173. The second-order valence-electron chi connectivity index (χ2n) is 9.55. The number of alkyl halides is 1. The number of amides is 1. The lowest BCUT2D eigenvalue weighted by molar-refractivity contribution is -0.00162. The van der Waals surface area contributed by atoms with E-state index in [1.807, 2.05) is 10.7 Å². The van der Waals surface area contributed by atoms with Crippen LogP contribution in [0.1, 0.15) is 62.6 Å². The second-order valence-corrected chi connectivity index (χ2v) is 9.55. The average molecular weight is 431 g/mol. The third-order valence-electron chi connectivity index (χ3n) is 6.58. The highest BCUT2D eigenvalue weighted by Crippen LogP contribution is 2.40. The summed E-state index contributed by atoms with van der Waals surface area (Å²) in [5.74, 6) is 1.89. The number of fused-ring (bicyclic) bond motifs is 1. The van der Waals surface area contributed by atoms with Crippen LogP contribution in [0.2, 0.25) is 0 Å². The van der Waals surface area contributed by atoms with Crippen molar-refractivity contribution < 1.29 is 13.9 Å². The van der Waals surface area contributed by atoms with Crippen molar-refractivity contribution in [3.63, 3.8) is 0 Å². The largest absolute Gasteiger partial charge is 0.446 e. The van der Waals surface area contributed by atoms with E-state index in [0.717, 1.165) is 35.6 Å². The normalized spacial score (nSPS) is 21.4. The SMILES string of the molecule is CC(C)c1cnn2c(NC3CCN(C(=O)OCC4(F)CNC4)CC3)cc(C3CC3)nc12. The Balaban J connectivity index is 1.23. The molecule has 2 aliphatic heterocycles. The number of halogens is 1. The second kappa shape index (κ2) is 7.93. The summed E-state index contributed by atoms with van der Waals surface area (Å²) in [6, 6.07) is 2.37. The maximum absolute atomic E-state index is 14.0. The first kappa shape index (κ1) is 20.5. The van der Waals surface area contributed by atoms with Crippen LogP contribution < -0.4 is 10.6 Å². The van der Waals surface area contributed by atoms with Crippen LogP contribution in [0.4, 0.5) is 15.0 Å². The van der Waals surface area contributed by atoms with Gasteiger partial charge in [-0.25, -0.2) is 14.2 Å². The van der Waals surface area contributed by atoms with Crippen LogP contribution >= 0.6 is 0 Å². The monoisotopic (exact) mass is 430 g/mol. The molecule has 2 aromatic heterocycles. The van der Waals surface area contributed by atoms with Crippen molar-refractivity contribution in [1.29, 1.82) is 0 Å². The van der Waals surface area contributed by atoms with Gasteiger partial charge in [0.05, 0.1) is 6.20 Å². The van der Waals surface area contributed by atoms with Crippen molar-refractivity contribution in [2.24, 2.45) is 0 Å². The predicted molar refractivity (Wildman–Crippen MR) is 115 cm³/mol. The number of rotatable bonds is 6. The molecule has 9 heteroatoms. The van der Waals surface area contributed by atoms with Crippen LogP contribution in [-0.2, 0) is 4.74 Å². The minimum Gasteiger partial charge on any atom is -0.446 e. The Labute approximate surface area is 181 Å². The highest BCUT2D eigenvalue weighted by Gasteiger charge is 2.39. The first-order chi connectivity index (χ1) is 14.9. The van der Waals surface area contributed by atoms with Crippen molar-refractivity contribution in [2.75, 3.05) is 38.1 Å². The van der Waals surface area contributed by atoms with E-state index in [2.05, 4.69) is 35.6 Å². The van der Waals surface area contributed by atoms with Gasteiger partial charge in [-0.3, -0.25) is 0 Å². The fraction of sp³-hybridized carbons (Fsp3) is 0.682. The average Bonchev–Trinajstić information content (AvgIpc) is 3.49. The van der Waals surface area contributed by atoms with Gasteiger partial charge in [-0.15, -0.1) is 0 Å². The zero-order valence-corrected chi connectivity index (χ0v) is 18.2. The summed E-state index contributed by atoms with van der Waals surface area (Å²) >= 11 is 0. The standard InChI is InChI=1S/C22H31FN6O2/c1-14(2)17-10-25-29-19(9-18(15-3-4-15)27-20(17)29)26-16-5-7-28(8-6-16)21(30)31-13-22(23)11-24-12-22/h9-10,14-16,24,26H,3-8,11-13H2,1-2H3. The van der Waals surface area contributed by atoms with E-state index in [1.54, 1.807) is 4.90 Å². The van der Waals surface area contributed by atoms with Crippen molar-refractivity contribution in [3.8, 4) is 0 Å². The molecule has 2 N–H and O–H groups in total. The number of aromatic nitrogens is 3. The van der Waals surface area contributed by atoms with Crippen LogP contribution in [-0.4, -0.2) is 70.1 Å². The number of likely N-dealkylation sites (tertiary alicyclic amines) is 1. The van der Waals surface area contributed by atoms with Crippen LogP contribution in [0.15, 0.2) is 12.3 Å². The van der Waals surface area contributed by atoms with E-state index in [-0.39, 0.29) is 25.7 Å². The maximum atomic E-state index is 14.0. The van der Waals surface area contributed by atoms with Crippen LogP contribution in [0.5, 0.6) is 0 Å². The molecule has 8 nitrogen and oxygen atoms in total. The zero-order chi connectivity index (χ0) is 21.6. The molecule has 3 aliphatic rings. The summed E-state index contributed by atoms with van der Waals surface area (Å²) in [7, 11) is 0. The summed E-state index contributed by atoms with van der Waals surface area (Å²) in [5.41, 5.74) is 1.84. The number of nitrogens with one attached hydrogen (secondary N) is 2. The Morgan fingerprint density at radius 1 is 1.32 bits per heavy atom. The number of ether oxygens (including phenoxy) is 1. The molecule has 31 heavy (non-hydrogen) atoms. The molecule has 5 rings (SSSR count). The highest BCUT2D eigenvalue weighted by molar-refractivity contribution is 5.68. The number of nitrogens with zero attached hydrogens (tertiary/aromatic N) is 4. The third kappa shape index (κ3) is 4.20. The van der Waals surface area contributed by atoms with E-state index >= 15 is 0 Å². The third-order valence-corrected chi connectivity index (χ3v) is 6.58. The molecule has 2 aromatic rings. The van der Waals surface area contributed by atoms with Gasteiger partial charge in [0.25, 0.3) is 0 Å². The number of hydrogen-bond donors (Lipinski definition) is 2. The van der Waals surface area contributed by atoms with Crippen LogP contribution in [0.3, 0.4) is 0 Å². The Kier molecular flexibility index (Phi) is 5.24. The van der Waals surface area contributed by atoms with E-state index in [0.29, 0.717) is 24.9 Å². The van der Waals surface area contributed by atoms with Gasteiger partial charge in [0, 0.05) is 55.5 Å². The first-order valence-corrected chi connectivity index (χ1v) is 11.4. The molecule has 0 radical (unpaired) electrons. The Morgan fingerprint density at radius 3 is 2.68 bits per heavy atom. The Hall–Kier alpha value is -2.42. The Bertz CT molecular complexity index is 960. The lowest BCUT2D eigenvalue weighted by Gasteiger charge is -2.36. The molecule has 3 fully saturated rings. The maximum Gasteiger partial charge on any atom is 0.409 e. The van der Waals surface area contributed by atoms with Crippen LogP contribution in [0, 0.1) is 0 Å².